The molecule has 0 aliphatic rings. The highest BCUT2D eigenvalue weighted by Gasteiger charge is 2.16. The Balaban J connectivity index is 1.69. The minimum Gasteiger partial charge on any atom is -0.497 e. The van der Waals surface area contributed by atoms with Crippen LogP contribution in [0.4, 0.5) is 5.69 Å². The average Bonchev–Trinajstić information content (AvgIpc) is 3.21. The molecule has 2 aromatic carbocycles. The summed E-state index contributed by atoms with van der Waals surface area (Å²) in [4.78, 5) is 25.3. The van der Waals surface area contributed by atoms with Crippen LogP contribution >= 0.6 is 11.3 Å². The van der Waals surface area contributed by atoms with Crippen molar-refractivity contribution in [2.45, 2.75) is 19.4 Å². The van der Waals surface area contributed by atoms with Crippen molar-refractivity contribution in [2.24, 2.45) is 0 Å². The van der Waals surface area contributed by atoms with Crippen LogP contribution in [0.25, 0.3) is 0 Å². The molecule has 2 amide bonds. The molecule has 6 heteroatoms. The zero-order valence-corrected chi connectivity index (χ0v) is 16.6. The van der Waals surface area contributed by atoms with E-state index in [1.807, 2.05) is 12.3 Å². The van der Waals surface area contributed by atoms with Crippen molar-refractivity contribution in [2.75, 3.05) is 12.4 Å². The zero-order chi connectivity index (χ0) is 19.9. The van der Waals surface area contributed by atoms with Gasteiger partial charge in [0.1, 0.15) is 5.75 Å². The number of methoxy groups -OCH3 is 1. The molecule has 1 aromatic heterocycles. The molecule has 0 radical (unpaired) electrons. The third-order valence-electron chi connectivity index (χ3n) is 4.27. The lowest BCUT2D eigenvalue weighted by Gasteiger charge is -2.16. The van der Waals surface area contributed by atoms with Crippen molar-refractivity contribution in [1.29, 1.82) is 0 Å². The highest BCUT2D eigenvalue weighted by molar-refractivity contribution is 7.07. The van der Waals surface area contributed by atoms with Gasteiger partial charge in [-0.05, 0) is 72.1 Å². The quantitative estimate of drug-likeness (QED) is 0.625. The van der Waals surface area contributed by atoms with E-state index in [4.69, 9.17) is 4.74 Å². The van der Waals surface area contributed by atoms with E-state index in [1.165, 1.54) is 5.56 Å². The summed E-state index contributed by atoms with van der Waals surface area (Å²) in [5.74, 6) is 0.179. The molecule has 1 heterocycles. The lowest BCUT2D eigenvalue weighted by Crippen LogP contribution is -2.34. The van der Waals surface area contributed by atoms with Crippen LogP contribution < -0.4 is 15.4 Å². The van der Waals surface area contributed by atoms with Crippen molar-refractivity contribution in [1.82, 2.24) is 5.32 Å². The van der Waals surface area contributed by atoms with E-state index in [9.17, 15) is 9.59 Å². The second-order valence-corrected chi connectivity index (χ2v) is 7.22. The first-order valence-corrected chi connectivity index (χ1v) is 9.87. The highest BCUT2D eigenvalue weighted by Crippen LogP contribution is 2.18. The maximum atomic E-state index is 12.7. The maximum absolute atomic E-state index is 12.7. The number of hydrogen-bond acceptors (Lipinski definition) is 4. The summed E-state index contributed by atoms with van der Waals surface area (Å²) >= 11 is 1.64. The number of rotatable bonds is 7. The van der Waals surface area contributed by atoms with E-state index in [1.54, 1.807) is 67.0 Å². The number of benzene rings is 2. The van der Waals surface area contributed by atoms with Gasteiger partial charge in [0.25, 0.3) is 11.8 Å². The lowest BCUT2D eigenvalue weighted by atomic mass is 10.1. The van der Waals surface area contributed by atoms with Crippen molar-refractivity contribution in [3.05, 3.63) is 82.0 Å². The Morgan fingerprint density at radius 2 is 1.79 bits per heavy atom. The molecule has 3 aromatic rings. The van der Waals surface area contributed by atoms with Crippen molar-refractivity contribution in [3.63, 3.8) is 0 Å². The van der Waals surface area contributed by atoms with E-state index in [0.717, 1.165) is 6.42 Å². The van der Waals surface area contributed by atoms with Gasteiger partial charge in [-0.2, -0.15) is 11.3 Å². The largest absolute Gasteiger partial charge is 0.497 e. The number of carbonyl (C=O) groups is 2. The van der Waals surface area contributed by atoms with Crippen molar-refractivity contribution in [3.8, 4) is 5.75 Å². The first-order chi connectivity index (χ1) is 13.6. The predicted molar refractivity (Wildman–Crippen MR) is 112 cm³/mol. The van der Waals surface area contributed by atoms with Gasteiger partial charge in [-0.25, -0.2) is 0 Å². The Morgan fingerprint density at radius 3 is 2.46 bits per heavy atom. The molecule has 1 unspecified atom stereocenters. The number of nitrogens with one attached hydrogen (secondary N) is 2. The molecule has 144 valence electrons. The van der Waals surface area contributed by atoms with Crippen LogP contribution in [-0.2, 0) is 6.42 Å². The number of ether oxygens (including phenoxy) is 1. The first kappa shape index (κ1) is 19.6. The number of anilines is 1. The summed E-state index contributed by atoms with van der Waals surface area (Å²) in [5.41, 5.74) is 2.59. The molecule has 0 saturated heterocycles. The van der Waals surface area contributed by atoms with Gasteiger partial charge in [-0.3, -0.25) is 9.59 Å². The van der Waals surface area contributed by atoms with Crippen LogP contribution in [0.2, 0.25) is 0 Å². The molecule has 1 atom stereocenters. The molecule has 0 aliphatic heterocycles. The second kappa shape index (κ2) is 9.19. The third-order valence-corrected chi connectivity index (χ3v) is 5.00. The average molecular weight is 394 g/mol. The summed E-state index contributed by atoms with van der Waals surface area (Å²) in [6, 6.07) is 15.8. The minimum absolute atomic E-state index is 0.0209. The Bertz CT molecular complexity index is 937. The van der Waals surface area contributed by atoms with Crippen molar-refractivity contribution >= 4 is 28.8 Å². The van der Waals surface area contributed by atoms with Gasteiger partial charge in [0.2, 0.25) is 0 Å². The van der Waals surface area contributed by atoms with Gasteiger partial charge >= 0.3 is 0 Å². The number of hydrogen-bond donors (Lipinski definition) is 2. The fourth-order valence-corrected chi connectivity index (χ4v) is 3.52. The Kier molecular flexibility index (Phi) is 6.45. The molecule has 0 fully saturated rings. The maximum Gasteiger partial charge on any atom is 0.255 e. The Hall–Kier alpha value is -3.12. The van der Waals surface area contributed by atoms with Crippen LogP contribution in [-0.4, -0.2) is 25.0 Å². The molecular formula is C22H22N2O3S. The molecule has 28 heavy (non-hydrogen) atoms. The molecule has 0 spiro atoms. The van der Waals surface area contributed by atoms with Gasteiger partial charge in [-0.15, -0.1) is 0 Å². The summed E-state index contributed by atoms with van der Waals surface area (Å²) in [6.45, 7) is 1.97. The van der Waals surface area contributed by atoms with Crippen LogP contribution in [0.5, 0.6) is 5.75 Å². The van der Waals surface area contributed by atoms with Crippen molar-refractivity contribution < 1.29 is 14.3 Å². The fourth-order valence-electron chi connectivity index (χ4n) is 2.84. The van der Waals surface area contributed by atoms with E-state index >= 15 is 0 Å². The standard InChI is InChI=1S/C22H22N2O3S/c1-15(13-16-11-12-28-14-16)23-22(26)19-5-3-4-6-20(19)24-21(25)17-7-9-18(27-2)10-8-17/h3-12,14-15H,13H2,1-2H3,(H,23,26)(H,24,25). The number of carbonyl (C=O) groups excluding carboxylic acids is 2. The van der Waals surface area contributed by atoms with Gasteiger partial charge < -0.3 is 15.4 Å². The Labute approximate surface area is 168 Å². The zero-order valence-electron chi connectivity index (χ0n) is 15.8. The monoisotopic (exact) mass is 394 g/mol. The smallest absolute Gasteiger partial charge is 0.255 e. The first-order valence-electron chi connectivity index (χ1n) is 8.93. The Morgan fingerprint density at radius 1 is 1.04 bits per heavy atom. The highest BCUT2D eigenvalue weighted by atomic mass is 32.1. The number of thiophene rings is 1. The van der Waals surface area contributed by atoms with Gasteiger partial charge in [0.05, 0.1) is 18.4 Å². The predicted octanol–water partition coefficient (Wildman–Crippen LogP) is 4.37. The molecule has 5 nitrogen and oxygen atoms in total. The van der Waals surface area contributed by atoms with E-state index < -0.39 is 0 Å². The molecule has 3 rings (SSSR count). The van der Waals surface area contributed by atoms with Gasteiger partial charge in [-0.1, -0.05) is 12.1 Å². The molecule has 0 aliphatic carbocycles. The lowest BCUT2D eigenvalue weighted by molar-refractivity contribution is 0.0941. The van der Waals surface area contributed by atoms with E-state index in [2.05, 4.69) is 22.1 Å². The SMILES string of the molecule is COc1ccc(C(=O)Nc2ccccc2C(=O)NC(C)Cc2ccsc2)cc1. The summed E-state index contributed by atoms with van der Waals surface area (Å²) in [6.07, 6.45) is 0.760. The minimum atomic E-state index is -0.283. The van der Waals surface area contributed by atoms with Crippen LogP contribution in [0.15, 0.2) is 65.4 Å². The molecule has 0 bridgehead atoms. The molecule has 2 N–H and O–H groups in total. The fraction of sp³-hybridized carbons (Fsp3) is 0.182. The summed E-state index contributed by atoms with van der Waals surface area (Å²) < 4.78 is 5.11. The molecule has 0 saturated carbocycles. The summed E-state index contributed by atoms with van der Waals surface area (Å²) in [5, 5.41) is 9.92. The second-order valence-electron chi connectivity index (χ2n) is 6.44. The summed E-state index contributed by atoms with van der Waals surface area (Å²) in [7, 11) is 1.57. The van der Waals surface area contributed by atoms with Gasteiger partial charge in [0, 0.05) is 11.6 Å². The van der Waals surface area contributed by atoms with Crippen LogP contribution in [0.1, 0.15) is 33.2 Å². The normalized spacial score (nSPS) is 11.5. The topological polar surface area (TPSA) is 67.4 Å². The third kappa shape index (κ3) is 4.98. The van der Waals surface area contributed by atoms with E-state index in [0.29, 0.717) is 22.6 Å². The van der Waals surface area contributed by atoms with Gasteiger partial charge in [0.15, 0.2) is 0 Å². The van der Waals surface area contributed by atoms with Crippen LogP contribution in [0.3, 0.4) is 0 Å². The number of para-hydroxylation sites is 1. The number of amides is 2. The van der Waals surface area contributed by atoms with E-state index in [-0.39, 0.29) is 17.9 Å². The van der Waals surface area contributed by atoms with Crippen LogP contribution in [0, 0.1) is 0 Å². The molecular weight excluding hydrogens is 372 g/mol.